The Morgan fingerprint density at radius 3 is 2.93 bits per heavy atom. The minimum atomic E-state index is -0.00676. The van der Waals surface area contributed by atoms with Crippen molar-refractivity contribution in [2.45, 2.75) is 38.6 Å². The van der Waals surface area contributed by atoms with Crippen LogP contribution in [0.25, 0.3) is 0 Å². The molecule has 0 bridgehead atoms. The lowest BCUT2D eigenvalue weighted by Gasteiger charge is -2.13. The number of aromatic nitrogens is 1. The Balaban J connectivity index is 2.59. The smallest absolute Gasteiger partial charge is 0.141 e. The molecular formula is C12H20N2O. The minimum absolute atomic E-state index is 0.00676. The molecule has 1 unspecified atom stereocenters. The minimum Gasteiger partial charge on any atom is -0.495 e. The van der Waals surface area contributed by atoms with Crippen LogP contribution in [0.4, 0.5) is 0 Å². The average Bonchev–Trinajstić information content (AvgIpc) is 2.29. The number of ether oxygens (including phenoxy) is 1. The van der Waals surface area contributed by atoms with Crippen molar-refractivity contribution in [1.82, 2.24) is 4.98 Å². The Morgan fingerprint density at radius 1 is 1.47 bits per heavy atom. The maximum atomic E-state index is 6.07. The summed E-state index contributed by atoms with van der Waals surface area (Å²) in [6, 6.07) is 3.76. The topological polar surface area (TPSA) is 48.1 Å². The van der Waals surface area contributed by atoms with Gasteiger partial charge in [0.2, 0.25) is 0 Å². The standard InChI is InChI=1S/C12H20N2O/c1-3-4-5-7-10(13)12-11(15-2)8-6-9-14-12/h6,8-10H,3-5,7,13H2,1-2H3. The number of nitrogens with two attached hydrogens (primary N) is 1. The summed E-state index contributed by atoms with van der Waals surface area (Å²) in [4.78, 5) is 4.28. The van der Waals surface area contributed by atoms with Gasteiger partial charge in [-0.05, 0) is 18.6 Å². The van der Waals surface area contributed by atoms with Gasteiger partial charge < -0.3 is 10.5 Å². The van der Waals surface area contributed by atoms with E-state index in [9.17, 15) is 0 Å². The van der Waals surface area contributed by atoms with E-state index in [4.69, 9.17) is 10.5 Å². The van der Waals surface area contributed by atoms with Gasteiger partial charge in [0, 0.05) is 6.20 Å². The molecule has 0 aromatic carbocycles. The Hall–Kier alpha value is -1.09. The zero-order chi connectivity index (χ0) is 11.1. The number of methoxy groups -OCH3 is 1. The number of rotatable bonds is 6. The molecule has 3 heteroatoms. The molecule has 1 heterocycles. The third kappa shape index (κ3) is 3.51. The molecule has 1 rings (SSSR count). The van der Waals surface area contributed by atoms with Crippen molar-refractivity contribution in [3.8, 4) is 5.75 Å². The average molecular weight is 208 g/mol. The van der Waals surface area contributed by atoms with Crippen LogP contribution in [-0.2, 0) is 0 Å². The number of nitrogens with zero attached hydrogens (tertiary/aromatic N) is 1. The molecule has 0 aliphatic carbocycles. The van der Waals surface area contributed by atoms with E-state index < -0.39 is 0 Å². The van der Waals surface area contributed by atoms with Crippen LogP contribution in [0.2, 0.25) is 0 Å². The summed E-state index contributed by atoms with van der Waals surface area (Å²) in [6.45, 7) is 2.19. The summed E-state index contributed by atoms with van der Waals surface area (Å²) in [6.07, 6.45) is 6.32. The first-order valence-electron chi connectivity index (χ1n) is 5.54. The van der Waals surface area contributed by atoms with Crippen molar-refractivity contribution in [3.63, 3.8) is 0 Å². The van der Waals surface area contributed by atoms with E-state index in [0.717, 1.165) is 24.3 Å². The van der Waals surface area contributed by atoms with Crippen molar-refractivity contribution in [1.29, 1.82) is 0 Å². The summed E-state index contributed by atoms with van der Waals surface area (Å²) in [5.41, 5.74) is 6.94. The highest BCUT2D eigenvalue weighted by Crippen LogP contribution is 2.24. The second kappa shape index (κ2) is 6.40. The highest BCUT2D eigenvalue weighted by atomic mass is 16.5. The lowest BCUT2D eigenvalue weighted by Crippen LogP contribution is -2.13. The van der Waals surface area contributed by atoms with Gasteiger partial charge in [0.1, 0.15) is 5.75 Å². The van der Waals surface area contributed by atoms with E-state index in [1.807, 2.05) is 12.1 Å². The Morgan fingerprint density at radius 2 is 2.27 bits per heavy atom. The fraction of sp³-hybridized carbons (Fsp3) is 0.583. The summed E-state index contributed by atoms with van der Waals surface area (Å²) >= 11 is 0. The van der Waals surface area contributed by atoms with Gasteiger partial charge in [0.15, 0.2) is 0 Å². The van der Waals surface area contributed by atoms with Crippen LogP contribution in [0, 0.1) is 0 Å². The third-order valence-corrected chi connectivity index (χ3v) is 2.49. The van der Waals surface area contributed by atoms with E-state index >= 15 is 0 Å². The molecule has 1 aromatic rings. The highest BCUT2D eigenvalue weighted by molar-refractivity contribution is 5.29. The molecule has 15 heavy (non-hydrogen) atoms. The van der Waals surface area contributed by atoms with Crippen LogP contribution in [0.5, 0.6) is 5.75 Å². The van der Waals surface area contributed by atoms with Crippen molar-refractivity contribution in [2.75, 3.05) is 7.11 Å². The molecular weight excluding hydrogens is 188 g/mol. The summed E-state index contributed by atoms with van der Waals surface area (Å²) < 4.78 is 5.23. The normalized spacial score (nSPS) is 12.5. The van der Waals surface area contributed by atoms with Gasteiger partial charge in [0.05, 0.1) is 18.8 Å². The zero-order valence-corrected chi connectivity index (χ0v) is 9.57. The van der Waals surface area contributed by atoms with Gasteiger partial charge in [0.25, 0.3) is 0 Å². The fourth-order valence-corrected chi connectivity index (χ4v) is 1.60. The van der Waals surface area contributed by atoms with Crippen LogP contribution in [0.15, 0.2) is 18.3 Å². The van der Waals surface area contributed by atoms with Crippen molar-refractivity contribution < 1.29 is 4.74 Å². The molecule has 0 spiro atoms. The maximum Gasteiger partial charge on any atom is 0.141 e. The first kappa shape index (κ1) is 12.0. The first-order valence-corrected chi connectivity index (χ1v) is 5.54. The molecule has 0 amide bonds. The lowest BCUT2D eigenvalue weighted by molar-refractivity contribution is 0.399. The van der Waals surface area contributed by atoms with E-state index in [-0.39, 0.29) is 6.04 Å². The molecule has 0 aliphatic rings. The van der Waals surface area contributed by atoms with E-state index in [1.54, 1.807) is 13.3 Å². The number of unbranched alkanes of at least 4 members (excludes halogenated alkanes) is 2. The second-order valence-electron chi connectivity index (χ2n) is 3.69. The Labute approximate surface area is 91.7 Å². The van der Waals surface area contributed by atoms with Gasteiger partial charge >= 0.3 is 0 Å². The van der Waals surface area contributed by atoms with Gasteiger partial charge in [-0.2, -0.15) is 0 Å². The quantitative estimate of drug-likeness (QED) is 0.731. The molecule has 3 nitrogen and oxygen atoms in total. The molecule has 84 valence electrons. The summed E-state index contributed by atoms with van der Waals surface area (Å²) in [5.74, 6) is 0.793. The zero-order valence-electron chi connectivity index (χ0n) is 9.57. The number of hydrogen-bond donors (Lipinski definition) is 1. The van der Waals surface area contributed by atoms with Crippen molar-refractivity contribution in [3.05, 3.63) is 24.0 Å². The first-order chi connectivity index (χ1) is 7.29. The van der Waals surface area contributed by atoms with Gasteiger partial charge in [-0.25, -0.2) is 0 Å². The van der Waals surface area contributed by atoms with Gasteiger partial charge in [-0.3, -0.25) is 4.98 Å². The van der Waals surface area contributed by atoms with Gasteiger partial charge in [-0.15, -0.1) is 0 Å². The predicted molar refractivity (Wildman–Crippen MR) is 61.9 cm³/mol. The van der Waals surface area contributed by atoms with Crippen LogP contribution < -0.4 is 10.5 Å². The highest BCUT2D eigenvalue weighted by Gasteiger charge is 2.12. The maximum absolute atomic E-state index is 6.07. The monoisotopic (exact) mass is 208 g/mol. The molecule has 0 saturated heterocycles. The number of hydrogen-bond acceptors (Lipinski definition) is 3. The lowest BCUT2D eigenvalue weighted by atomic mass is 10.1. The van der Waals surface area contributed by atoms with Crippen LogP contribution in [-0.4, -0.2) is 12.1 Å². The molecule has 0 saturated carbocycles. The largest absolute Gasteiger partial charge is 0.495 e. The molecule has 0 fully saturated rings. The third-order valence-electron chi connectivity index (χ3n) is 2.49. The van der Waals surface area contributed by atoms with Crippen LogP contribution in [0.1, 0.15) is 44.3 Å². The second-order valence-corrected chi connectivity index (χ2v) is 3.69. The Bertz CT molecular complexity index is 289. The summed E-state index contributed by atoms with van der Waals surface area (Å²) in [7, 11) is 1.65. The van der Waals surface area contributed by atoms with Crippen LogP contribution in [0.3, 0.4) is 0 Å². The molecule has 0 radical (unpaired) electrons. The fourth-order valence-electron chi connectivity index (χ4n) is 1.60. The predicted octanol–water partition coefficient (Wildman–Crippen LogP) is 2.67. The Kier molecular flexibility index (Phi) is 5.12. The van der Waals surface area contributed by atoms with E-state index in [0.29, 0.717) is 0 Å². The van der Waals surface area contributed by atoms with E-state index in [1.165, 1.54) is 12.8 Å². The SMILES string of the molecule is CCCCCC(N)c1ncccc1OC. The van der Waals surface area contributed by atoms with Gasteiger partial charge in [-0.1, -0.05) is 26.2 Å². The molecule has 1 aromatic heterocycles. The molecule has 0 aliphatic heterocycles. The van der Waals surface area contributed by atoms with E-state index in [2.05, 4.69) is 11.9 Å². The van der Waals surface area contributed by atoms with Crippen molar-refractivity contribution >= 4 is 0 Å². The summed E-state index contributed by atoms with van der Waals surface area (Å²) in [5, 5.41) is 0. The van der Waals surface area contributed by atoms with Crippen molar-refractivity contribution in [2.24, 2.45) is 5.73 Å². The molecule has 2 N–H and O–H groups in total. The number of pyridine rings is 1. The molecule has 1 atom stereocenters. The van der Waals surface area contributed by atoms with Crippen LogP contribution >= 0.6 is 0 Å².